The third-order valence-electron chi connectivity index (χ3n) is 5.03. The summed E-state index contributed by atoms with van der Waals surface area (Å²) < 4.78 is 0.683. The maximum Gasteiger partial charge on any atom is 0.266 e. The lowest BCUT2D eigenvalue weighted by molar-refractivity contribution is 0.478. The molecule has 2 heterocycles. The summed E-state index contributed by atoms with van der Waals surface area (Å²) in [5.74, 6) is 0.217. The summed E-state index contributed by atoms with van der Waals surface area (Å²) in [6, 6.07) is 11.8. The van der Waals surface area contributed by atoms with Gasteiger partial charge in [-0.1, -0.05) is 18.2 Å². The fourth-order valence-corrected chi connectivity index (χ4v) is 4.73. The van der Waals surface area contributed by atoms with E-state index in [1.165, 1.54) is 22.5 Å². The van der Waals surface area contributed by atoms with Gasteiger partial charge in [-0.25, -0.2) is 0 Å². The van der Waals surface area contributed by atoms with Crippen molar-refractivity contribution in [2.45, 2.75) is 18.9 Å². The molecule has 132 valence electrons. The van der Waals surface area contributed by atoms with Gasteiger partial charge < -0.3 is 15.8 Å². The third kappa shape index (κ3) is 2.43. The normalized spacial score (nSPS) is 16.0. The van der Waals surface area contributed by atoms with Gasteiger partial charge in [0.15, 0.2) is 0 Å². The van der Waals surface area contributed by atoms with Crippen molar-refractivity contribution in [1.82, 2.24) is 4.98 Å². The Morgan fingerprint density at radius 1 is 1.12 bits per heavy atom. The summed E-state index contributed by atoms with van der Waals surface area (Å²) in [5.41, 5.74) is 11.0. The number of fused-ring (bicyclic) bond motifs is 4. The first-order valence-corrected chi connectivity index (χ1v) is 9.12. The molecule has 0 fully saturated rings. The van der Waals surface area contributed by atoms with Crippen LogP contribution in [0, 0.1) is 0 Å². The highest BCUT2D eigenvalue weighted by Gasteiger charge is 2.21. The molecule has 26 heavy (non-hydrogen) atoms. The minimum absolute atomic E-state index is 0. The minimum Gasteiger partial charge on any atom is -0.507 e. The number of phenols is 1. The summed E-state index contributed by atoms with van der Waals surface area (Å²) in [5, 5.41) is 14.3. The molecule has 0 saturated carbocycles. The number of phenolic OH excluding ortho intramolecular Hbond substituents is 1. The Bertz CT molecular complexity index is 1210. The SMILES string of the molecule is Cl.NC1Cc2ccc(-c3c(O)ccc4[nH]c(=O)c5sccc5c34)cc2C1. The van der Waals surface area contributed by atoms with Crippen LogP contribution >= 0.6 is 23.7 Å². The van der Waals surface area contributed by atoms with Crippen LogP contribution in [-0.4, -0.2) is 16.1 Å². The van der Waals surface area contributed by atoms with E-state index in [4.69, 9.17) is 5.73 Å². The van der Waals surface area contributed by atoms with Crippen molar-refractivity contribution in [3.8, 4) is 16.9 Å². The van der Waals surface area contributed by atoms with Crippen molar-refractivity contribution in [2.75, 3.05) is 0 Å². The van der Waals surface area contributed by atoms with Gasteiger partial charge in [-0.15, -0.1) is 23.7 Å². The number of H-pyrrole nitrogens is 1. The third-order valence-corrected chi connectivity index (χ3v) is 5.94. The number of thiophene rings is 1. The Balaban J connectivity index is 0.00000168. The lowest BCUT2D eigenvalue weighted by Gasteiger charge is -2.12. The van der Waals surface area contributed by atoms with Crippen LogP contribution in [0.4, 0.5) is 0 Å². The fourth-order valence-electron chi connectivity index (χ4n) is 3.94. The van der Waals surface area contributed by atoms with E-state index in [-0.39, 0.29) is 29.8 Å². The van der Waals surface area contributed by atoms with Gasteiger partial charge in [0, 0.05) is 27.9 Å². The highest BCUT2D eigenvalue weighted by Crippen LogP contribution is 2.40. The second kappa shape index (κ2) is 6.13. The summed E-state index contributed by atoms with van der Waals surface area (Å²) in [6.45, 7) is 0. The maximum absolute atomic E-state index is 12.3. The van der Waals surface area contributed by atoms with E-state index >= 15 is 0 Å². The average Bonchev–Trinajstić information content (AvgIpc) is 3.20. The Morgan fingerprint density at radius 3 is 2.77 bits per heavy atom. The molecule has 1 unspecified atom stereocenters. The summed E-state index contributed by atoms with van der Waals surface area (Å²) in [4.78, 5) is 15.2. The Morgan fingerprint density at radius 2 is 1.92 bits per heavy atom. The Kier molecular flexibility index (Phi) is 4.03. The number of nitrogens with two attached hydrogens (primary N) is 1. The van der Waals surface area contributed by atoms with E-state index in [0.717, 1.165) is 40.3 Å². The quantitative estimate of drug-likeness (QED) is 0.464. The standard InChI is InChI=1S/C20H16N2O2S.ClH/c21-13-8-10-1-2-11(7-12(10)9-13)17-16(23)4-3-15-18(17)14-5-6-25-19(14)20(24)22-15;/h1-7,13,23H,8-9,21H2,(H,22,24);1H. The van der Waals surface area contributed by atoms with Crippen molar-refractivity contribution >= 4 is 44.7 Å². The van der Waals surface area contributed by atoms with E-state index < -0.39 is 0 Å². The number of hydrogen-bond acceptors (Lipinski definition) is 4. The van der Waals surface area contributed by atoms with E-state index in [1.807, 2.05) is 17.5 Å². The number of halogens is 1. The van der Waals surface area contributed by atoms with E-state index in [9.17, 15) is 9.90 Å². The fraction of sp³-hybridized carbons (Fsp3) is 0.150. The van der Waals surface area contributed by atoms with Gasteiger partial charge in [0.2, 0.25) is 0 Å². The number of hydrogen-bond donors (Lipinski definition) is 3. The van der Waals surface area contributed by atoms with Crippen molar-refractivity contribution in [3.63, 3.8) is 0 Å². The first-order valence-electron chi connectivity index (χ1n) is 8.25. The molecule has 0 saturated heterocycles. The smallest absolute Gasteiger partial charge is 0.266 e. The summed E-state index contributed by atoms with van der Waals surface area (Å²) in [6.07, 6.45) is 1.76. The Labute approximate surface area is 159 Å². The van der Waals surface area contributed by atoms with Gasteiger partial charge in [0.1, 0.15) is 10.4 Å². The number of benzene rings is 2. The highest BCUT2D eigenvalue weighted by molar-refractivity contribution is 7.17. The van der Waals surface area contributed by atoms with E-state index in [1.54, 1.807) is 12.1 Å². The number of aromatic nitrogens is 1. The van der Waals surface area contributed by atoms with Gasteiger partial charge >= 0.3 is 0 Å². The molecular weight excluding hydrogens is 368 g/mol. The number of aromatic hydroxyl groups is 1. The van der Waals surface area contributed by atoms with Crippen LogP contribution in [-0.2, 0) is 12.8 Å². The average molecular weight is 385 g/mol. The summed E-state index contributed by atoms with van der Waals surface area (Å²) in [7, 11) is 0. The number of aromatic amines is 1. The zero-order valence-corrected chi connectivity index (χ0v) is 15.4. The molecule has 0 bridgehead atoms. The zero-order chi connectivity index (χ0) is 17.1. The topological polar surface area (TPSA) is 79.1 Å². The number of nitrogens with one attached hydrogen (secondary N) is 1. The van der Waals surface area contributed by atoms with E-state index in [0.29, 0.717) is 4.70 Å². The van der Waals surface area contributed by atoms with Gasteiger partial charge in [0.25, 0.3) is 5.56 Å². The lowest BCUT2D eigenvalue weighted by atomic mass is 9.95. The molecule has 2 aromatic carbocycles. The molecule has 2 aromatic heterocycles. The largest absolute Gasteiger partial charge is 0.507 e. The molecule has 4 N–H and O–H groups in total. The molecule has 5 rings (SSSR count). The van der Waals surface area contributed by atoms with Gasteiger partial charge in [-0.3, -0.25) is 4.79 Å². The highest BCUT2D eigenvalue weighted by atomic mass is 35.5. The molecule has 0 amide bonds. The predicted molar refractivity (Wildman–Crippen MR) is 110 cm³/mol. The van der Waals surface area contributed by atoms with Crippen molar-refractivity contribution in [2.24, 2.45) is 5.73 Å². The second-order valence-corrected chi connectivity index (χ2v) is 7.57. The second-order valence-electron chi connectivity index (χ2n) is 6.65. The molecule has 4 aromatic rings. The first kappa shape index (κ1) is 17.1. The maximum atomic E-state index is 12.3. The van der Waals surface area contributed by atoms with Crippen LogP contribution in [0.1, 0.15) is 11.1 Å². The van der Waals surface area contributed by atoms with Crippen LogP contribution in [0.3, 0.4) is 0 Å². The van der Waals surface area contributed by atoms with Crippen LogP contribution in [0.2, 0.25) is 0 Å². The zero-order valence-electron chi connectivity index (χ0n) is 13.8. The molecule has 1 aliphatic carbocycles. The molecule has 0 aliphatic heterocycles. The monoisotopic (exact) mass is 384 g/mol. The van der Waals surface area contributed by atoms with E-state index in [2.05, 4.69) is 17.1 Å². The minimum atomic E-state index is -0.0888. The van der Waals surface area contributed by atoms with Crippen LogP contribution in [0.15, 0.2) is 46.6 Å². The van der Waals surface area contributed by atoms with Gasteiger partial charge in [-0.2, -0.15) is 0 Å². The number of pyridine rings is 1. The Hall–Kier alpha value is -2.34. The van der Waals surface area contributed by atoms with Crippen molar-refractivity contribution in [1.29, 1.82) is 0 Å². The molecule has 1 atom stereocenters. The molecule has 4 nitrogen and oxygen atoms in total. The van der Waals surface area contributed by atoms with Crippen LogP contribution in [0.5, 0.6) is 5.75 Å². The van der Waals surface area contributed by atoms with Crippen LogP contribution < -0.4 is 11.3 Å². The number of rotatable bonds is 1. The van der Waals surface area contributed by atoms with Crippen LogP contribution in [0.25, 0.3) is 32.1 Å². The lowest BCUT2D eigenvalue weighted by Crippen LogP contribution is -2.18. The molecular formula is C20H17ClN2O2S. The molecule has 1 aliphatic rings. The van der Waals surface area contributed by atoms with Crippen molar-refractivity contribution in [3.05, 3.63) is 63.3 Å². The first-order chi connectivity index (χ1) is 12.1. The van der Waals surface area contributed by atoms with Crippen molar-refractivity contribution < 1.29 is 5.11 Å². The summed E-state index contributed by atoms with van der Waals surface area (Å²) >= 11 is 1.42. The molecule has 0 spiro atoms. The molecule has 6 heteroatoms. The van der Waals surface area contributed by atoms with Gasteiger partial charge in [-0.05, 0) is 53.1 Å². The van der Waals surface area contributed by atoms with Gasteiger partial charge in [0.05, 0.1) is 0 Å². The molecule has 0 radical (unpaired) electrons. The predicted octanol–water partition coefficient (Wildman–Crippen LogP) is 3.96.